The standard InChI is InChI=1S/C5H11NO4/c6-5-4(9)3(8)2(1-7)10-5/h2-5,7-9H,1,6H2/t2-,3-,4-,5-/m0/s1. The highest BCUT2D eigenvalue weighted by Crippen LogP contribution is 2.16. The van der Waals surface area contributed by atoms with E-state index < -0.39 is 24.5 Å². The molecule has 0 aliphatic carbocycles. The van der Waals surface area contributed by atoms with Crippen LogP contribution in [0.4, 0.5) is 0 Å². The minimum Gasteiger partial charge on any atom is -0.394 e. The van der Waals surface area contributed by atoms with Gasteiger partial charge in [0.15, 0.2) is 0 Å². The third-order valence-electron chi connectivity index (χ3n) is 1.58. The molecule has 0 radical (unpaired) electrons. The molecule has 0 aromatic rings. The van der Waals surface area contributed by atoms with Crippen LogP contribution in [0.1, 0.15) is 0 Å². The highest BCUT2D eigenvalue weighted by molar-refractivity contribution is 4.86. The van der Waals surface area contributed by atoms with E-state index in [0.29, 0.717) is 0 Å². The molecule has 60 valence electrons. The summed E-state index contributed by atoms with van der Waals surface area (Å²) in [6.07, 6.45) is -3.78. The Bertz CT molecular complexity index is 120. The molecule has 0 amide bonds. The summed E-state index contributed by atoms with van der Waals surface area (Å²) in [7, 11) is 0. The van der Waals surface area contributed by atoms with Gasteiger partial charge in [-0.2, -0.15) is 0 Å². The highest BCUT2D eigenvalue weighted by atomic mass is 16.6. The van der Waals surface area contributed by atoms with Crippen molar-refractivity contribution >= 4 is 0 Å². The van der Waals surface area contributed by atoms with Crippen LogP contribution in [0.3, 0.4) is 0 Å². The number of rotatable bonds is 1. The molecular formula is C5H11NO4. The zero-order chi connectivity index (χ0) is 7.72. The van der Waals surface area contributed by atoms with Crippen molar-refractivity contribution in [2.75, 3.05) is 6.61 Å². The van der Waals surface area contributed by atoms with Gasteiger partial charge < -0.3 is 25.8 Å². The molecule has 1 saturated heterocycles. The molecule has 5 heteroatoms. The molecule has 10 heavy (non-hydrogen) atoms. The van der Waals surface area contributed by atoms with Crippen molar-refractivity contribution in [1.29, 1.82) is 0 Å². The first kappa shape index (κ1) is 7.90. The second kappa shape index (κ2) is 2.81. The van der Waals surface area contributed by atoms with Gasteiger partial charge in [-0.25, -0.2) is 0 Å². The monoisotopic (exact) mass is 149 g/mol. The maximum atomic E-state index is 9.01. The Morgan fingerprint density at radius 1 is 1.30 bits per heavy atom. The van der Waals surface area contributed by atoms with E-state index in [4.69, 9.17) is 25.8 Å². The summed E-state index contributed by atoms with van der Waals surface area (Å²) in [6, 6.07) is 0. The zero-order valence-corrected chi connectivity index (χ0v) is 5.34. The topological polar surface area (TPSA) is 95.9 Å². The van der Waals surface area contributed by atoms with Gasteiger partial charge in [0.05, 0.1) is 6.61 Å². The average Bonchev–Trinajstić information content (AvgIpc) is 2.17. The molecule has 0 saturated carbocycles. The lowest BCUT2D eigenvalue weighted by Gasteiger charge is -2.09. The molecule has 0 aromatic carbocycles. The van der Waals surface area contributed by atoms with Crippen molar-refractivity contribution in [2.45, 2.75) is 24.5 Å². The lowest BCUT2D eigenvalue weighted by Crippen LogP contribution is -2.37. The normalized spacial score (nSPS) is 48.0. The van der Waals surface area contributed by atoms with Crippen molar-refractivity contribution in [3.05, 3.63) is 0 Å². The molecule has 1 aliphatic heterocycles. The molecule has 1 fully saturated rings. The second-order valence-corrected chi connectivity index (χ2v) is 2.30. The van der Waals surface area contributed by atoms with Crippen molar-refractivity contribution in [3.63, 3.8) is 0 Å². The van der Waals surface area contributed by atoms with Crippen LogP contribution in [0.25, 0.3) is 0 Å². The zero-order valence-electron chi connectivity index (χ0n) is 5.34. The molecule has 1 heterocycles. The van der Waals surface area contributed by atoms with Crippen LogP contribution in [0.5, 0.6) is 0 Å². The summed E-state index contributed by atoms with van der Waals surface area (Å²) in [5, 5.41) is 26.5. The molecule has 0 bridgehead atoms. The fraction of sp³-hybridized carbons (Fsp3) is 1.00. The molecule has 0 aromatic heterocycles. The first-order valence-corrected chi connectivity index (χ1v) is 3.05. The number of ether oxygens (including phenoxy) is 1. The quantitative estimate of drug-likeness (QED) is 0.327. The summed E-state index contributed by atoms with van der Waals surface area (Å²) >= 11 is 0. The van der Waals surface area contributed by atoms with Crippen molar-refractivity contribution < 1.29 is 20.1 Å². The molecule has 0 unspecified atom stereocenters. The number of nitrogens with two attached hydrogens (primary N) is 1. The van der Waals surface area contributed by atoms with Gasteiger partial charge in [0.1, 0.15) is 24.5 Å². The summed E-state index contributed by atoms with van der Waals surface area (Å²) in [5.41, 5.74) is 5.19. The Kier molecular flexibility index (Phi) is 2.22. The predicted octanol–water partition coefficient (Wildman–Crippen LogP) is -2.62. The Hall–Kier alpha value is -0.200. The van der Waals surface area contributed by atoms with E-state index >= 15 is 0 Å². The Morgan fingerprint density at radius 2 is 1.90 bits per heavy atom. The predicted molar refractivity (Wildman–Crippen MR) is 31.9 cm³/mol. The van der Waals surface area contributed by atoms with E-state index in [2.05, 4.69) is 0 Å². The molecule has 0 spiro atoms. The van der Waals surface area contributed by atoms with E-state index in [-0.39, 0.29) is 6.61 Å². The second-order valence-electron chi connectivity index (χ2n) is 2.30. The summed E-state index contributed by atoms with van der Waals surface area (Å²) < 4.78 is 4.76. The van der Waals surface area contributed by atoms with Gasteiger partial charge in [0.25, 0.3) is 0 Å². The van der Waals surface area contributed by atoms with Crippen molar-refractivity contribution in [1.82, 2.24) is 0 Å². The molecular weight excluding hydrogens is 138 g/mol. The maximum Gasteiger partial charge on any atom is 0.135 e. The summed E-state index contributed by atoms with van der Waals surface area (Å²) in [6.45, 7) is -0.327. The number of aliphatic hydroxyl groups excluding tert-OH is 3. The molecule has 1 aliphatic rings. The van der Waals surface area contributed by atoms with E-state index in [1.807, 2.05) is 0 Å². The fourth-order valence-electron chi connectivity index (χ4n) is 0.928. The summed E-state index contributed by atoms with van der Waals surface area (Å²) in [5.74, 6) is 0. The smallest absolute Gasteiger partial charge is 0.135 e. The Balaban J connectivity index is 2.53. The minimum absolute atomic E-state index is 0.327. The lowest BCUT2D eigenvalue weighted by atomic mass is 10.1. The van der Waals surface area contributed by atoms with Crippen molar-refractivity contribution in [3.8, 4) is 0 Å². The van der Waals surface area contributed by atoms with E-state index in [1.54, 1.807) is 0 Å². The van der Waals surface area contributed by atoms with Crippen LogP contribution in [0.2, 0.25) is 0 Å². The third kappa shape index (κ3) is 1.14. The van der Waals surface area contributed by atoms with Gasteiger partial charge >= 0.3 is 0 Å². The maximum absolute atomic E-state index is 9.01. The van der Waals surface area contributed by atoms with Gasteiger partial charge in [-0.3, -0.25) is 0 Å². The largest absolute Gasteiger partial charge is 0.394 e. The molecule has 1 rings (SSSR count). The average molecular weight is 149 g/mol. The first-order valence-electron chi connectivity index (χ1n) is 3.05. The minimum atomic E-state index is -1.09. The van der Waals surface area contributed by atoms with Gasteiger partial charge in [0.2, 0.25) is 0 Å². The van der Waals surface area contributed by atoms with Crippen LogP contribution in [-0.2, 0) is 4.74 Å². The van der Waals surface area contributed by atoms with Gasteiger partial charge in [0, 0.05) is 0 Å². The van der Waals surface area contributed by atoms with Crippen molar-refractivity contribution in [2.24, 2.45) is 5.73 Å². The summed E-state index contributed by atoms with van der Waals surface area (Å²) in [4.78, 5) is 0. The van der Waals surface area contributed by atoms with Crippen LogP contribution in [0.15, 0.2) is 0 Å². The Morgan fingerprint density at radius 3 is 2.10 bits per heavy atom. The first-order chi connectivity index (χ1) is 4.66. The number of aliphatic hydroxyl groups is 3. The van der Waals surface area contributed by atoms with E-state index in [0.717, 1.165) is 0 Å². The molecule has 5 nitrogen and oxygen atoms in total. The van der Waals surface area contributed by atoms with E-state index in [9.17, 15) is 0 Å². The van der Waals surface area contributed by atoms with Gasteiger partial charge in [-0.1, -0.05) is 0 Å². The van der Waals surface area contributed by atoms with Crippen LogP contribution in [-0.4, -0.2) is 46.5 Å². The van der Waals surface area contributed by atoms with Gasteiger partial charge in [-0.15, -0.1) is 0 Å². The van der Waals surface area contributed by atoms with E-state index in [1.165, 1.54) is 0 Å². The number of hydrogen-bond donors (Lipinski definition) is 4. The highest BCUT2D eigenvalue weighted by Gasteiger charge is 2.39. The molecule has 5 N–H and O–H groups in total. The number of hydrogen-bond acceptors (Lipinski definition) is 5. The van der Waals surface area contributed by atoms with Crippen LogP contribution < -0.4 is 5.73 Å². The lowest BCUT2D eigenvalue weighted by molar-refractivity contribution is -0.0200. The fourth-order valence-corrected chi connectivity index (χ4v) is 0.928. The van der Waals surface area contributed by atoms with Crippen LogP contribution >= 0.6 is 0 Å². The van der Waals surface area contributed by atoms with Gasteiger partial charge in [-0.05, 0) is 0 Å². The third-order valence-corrected chi connectivity index (χ3v) is 1.58. The Labute approximate surface area is 58.0 Å². The SMILES string of the molecule is N[C@H]1O[C@@H](CO)[C@H](O)[C@@H]1O. The van der Waals surface area contributed by atoms with Crippen LogP contribution in [0, 0.1) is 0 Å². The molecule has 4 atom stereocenters.